The van der Waals surface area contributed by atoms with Crippen molar-refractivity contribution < 1.29 is 4.74 Å². The molecule has 0 fully saturated rings. The van der Waals surface area contributed by atoms with Gasteiger partial charge in [-0.05, 0) is 24.5 Å². The number of hydrogen-bond acceptors (Lipinski definition) is 3. The van der Waals surface area contributed by atoms with E-state index in [1.807, 2.05) is 30.4 Å². The van der Waals surface area contributed by atoms with Crippen LogP contribution in [-0.2, 0) is 4.74 Å². The van der Waals surface area contributed by atoms with Crippen molar-refractivity contribution in [1.82, 2.24) is 0 Å². The molecule has 4 N–H and O–H groups in total. The van der Waals surface area contributed by atoms with Crippen molar-refractivity contribution in [2.24, 2.45) is 16.9 Å². The van der Waals surface area contributed by atoms with E-state index in [9.17, 15) is 0 Å². The third kappa shape index (κ3) is 3.31. The van der Waals surface area contributed by atoms with Crippen molar-refractivity contribution in [2.75, 3.05) is 13.7 Å². The zero-order valence-electron chi connectivity index (χ0n) is 11.9. The van der Waals surface area contributed by atoms with Gasteiger partial charge < -0.3 is 16.2 Å². The van der Waals surface area contributed by atoms with Crippen LogP contribution in [0.1, 0.15) is 18.4 Å². The molecular formula is C17H22N2O. The number of methoxy groups -OCH3 is 1. The van der Waals surface area contributed by atoms with Crippen molar-refractivity contribution >= 4 is 6.08 Å². The minimum atomic E-state index is -0.200. The minimum Gasteiger partial charge on any atom is -0.401 e. The monoisotopic (exact) mass is 270 g/mol. The molecule has 1 aliphatic rings. The van der Waals surface area contributed by atoms with Gasteiger partial charge in [0.2, 0.25) is 0 Å². The predicted octanol–water partition coefficient (Wildman–Crippen LogP) is 2.81. The van der Waals surface area contributed by atoms with Crippen LogP contribution in [0.4, 0.5) is 0 Å². The van der Waals surface area contributed by atoms with Gasteiger partial charge in [0.1, 0.15) is 0 Å². The van der Waals surface area contributed by atoms with Crippen LogP contribution in [0.25, 0.3) is 6.08 Å². The molecule has 1 unspecified atom stereocenters. The third-order valence-corrected chi connectivity index (χ3v) is 3.75. The topological polar surface area (TPSA) is 61.3 Å². The van der Waals surface area contributed by atoms with Gasteiger partial charge >= 0.3 is 0 Å². The predicted molar refractivity (Wildman–Crippen MR) is 83.6 cm³/mol. The molecule has 0 aromatic heterocycles. The molecule has 1 aromatic rings. The van der Waals surface area contributed by atoms with E-state index in [2.05, 4.69) is 24.3 Å². The second kappa shape index (κ2) is 6.44. The quantitative estimate of drug-likeness (QED) is 0.865. The second-order valence-electron chi connectivity index (χ2n) is 5.15. The highest BCUT2D eigenvalue weighted by atomic mass is 16.5. The molecule has 0 spiro atoms. The molecule has 1 atom stereocenters. The van der Waals surface area contributed by atoms with Crippen LogP contribution < -0.4 is 11.5 Å². The normalized spacial score (nSPS) is 22.6. The fraction of sp³-hybridized carbons (Fsp3) is 0.294. The van der Waals surface area contributed by atoms with Gasteiger partial charge in [0.05, 0.1) is 0 Å². The fourth-order valence-electron chi connectivity index (χ4n) is 2.40. The Morgan fingerprint density at radius 2 is 2.00 bits per heavy atom. The van der Waals surface area contributed by atoms with Crippen LogP contribution in [0.3, 0.4) is 0 Å². The molecule has 0 amide bonds. The van der Waals surface area contributed by atoms with Crippen LogP contribution in [0.15, 0.2) is 60.0 Å². The van der Waals surface area contributed by atoms with Gasteiger partial charge in [0.25, 0.3) is 0 Å². The standard InChI is InChI=1S/C17H22N2O/c1-20-12-11-17(10-8-15(18)13-16(17)19)9-7-14-5-3-2-4-6-14/h2-9,13H,10-12,18-19H2,1H3. The van der Waals surface area contributed by atoms with Gasteiger partial charge in [-0.3, -0.25) is 0 Å². The molecule has 3 nitrogen and oxygen atoms in total. The number of nitrogens with two attached hydrogens (primary N) is 2. The first-order valence-corrected chi connectivity index (χ1v) is 6.83. The van der Waals surface area contributed by atoms with Crippen molar-refractivity contribution in [1.29, 1.82) is 0 Å². The molecule has 0 bridgehead atoms. The fourth-order valence-corrected chi connectivity index (χ4v) is 2.40. The smallest absolute Gasteiger partial charge is 0.0474 e. The Hall–Kier alpha value is -2.00. The summed E-state index contributed by atoms with van der Waals surface area (Å²) in [6.07, 6.45) is 9.84. The van der Waals surface area contributed by atoms with Crippen molar-refractivity contribution in [3.63, 3.8) is 0 Å². The summed E-state index contributed by atoms with van der Waals surface area (Å²) in [6.45, 7) is 0.668. The number of allylic oxidation sites excluding steroid dienone is 3. The summed E-state index contributed by atoms with van der Waals surface area (Å²) in [5.41, 5.74) is 14.6. The van der Waals surface area contributed by atoms with E-state index in [0.717, 1.165) is 24.2 Å². The Bertz CT molecular complexity index is 531. The van der Waals surface area contributed by atoms with Crippen molar-refractivity contribution in [3.8, 4) is 0 Å². The van der Waals surface area contributed by atoms with E-state index < -0.39 is 0 Å². The molecule has 1 aliphatic carbocycles. The maximum absolute atomic E-state index is 6.24. The number of ether oxygens (including phenoxy) is 1. The second-order valence-corrected chi connectivity index (χ2v) is 5.15. The Labute approximate surface area is 120 Å². The van der Waals surface area contributed by atoms with E-state index >= 15 is 0 Å². The maximum Gasteiger partial charge on any atom is 0.0474 e. The molecule has 20 heavy (non-hydrogen) atoms. The Balaban J connectivity index is 2.25. The van der Waals surface area contributed by atoms with Gasteiger partial charge in [0.15, 0.2) is 0 Å². The Morgan fingerprint density at radius 1 is 1.25 bits per heavy atom. The van der Waals surface area contributed by atoms with Crippen molar-refractivity contribution in [2.45, 2.75) is 12.8 Å². The maximum atomic E-state index is 6.24. The molecule has 0 aliphatic heterocycles. The zero-order chi connectivity index (χ0) is 14.4. The lowest BCUT2D eigenvalue weighted by molar-refractivity contribution is 0.167. The van der Waals surface area contributed by atoms with E-state index in [4.69, 9.17) is 16.2 Å². The van der Waals surface area contributed by atoms with Crippen LogP contribution in [0, 0.1) is 5.41 Å². The number of rotatable bonds is 5. The summed E-state index contributed by atoms with van der Waals surface area (Å²) in [5.74, 6) is 0. The first-order valence-electron chi connectivity index (χ1n) is 6.83. The Morgan fingerprint density at radius 3 is 2.65 bits per heavy atom. The molecule has 1 aromatic carbocycles. The first-order chi connectivity index (χ1) is 9.66. The molecule has 0 radical (unpaired) electrons. The van der Waals surface area contributed by atoms with E-state index in [0.29, 0.717) is 6.61 Å². The average molecular weight is 270 g/mol. The number of hydrogen-bond donors (Lipinski definition) is 2. The molecule has 3 heteroatoms. The molecule has 0 saturated heterocycles. The Kier molecular flexibility index (Phi) is 4.64. The molecule has 0 saturated carbocycles. The average Bonchev–Trinajstić information content (AvgIpc) is 2.47. The highest BCUT2D eigenvalue weighted by Gasteiger charge is 2.31. The summed E-state index contributed by atoms with van der Waals surface area (Å²) < 4.78 is 5.23. The molecule has 106 valence electrons. The van der Waals surface area contributed by atoms with Crippen LogP contribution in [0.5, 0.6) is 0 Å². The summed E-state index contributed by atoms with van der Waals surface area (Å²) in [7, 11) is 1.71. The summed E-state index contributed by atoms with van der Waals surface area (Å²) in [6, 6.07) is 10.2. The van der Waals surface area contributed by atoms with Gasteiger partial charge in [0, 0.05) is 30.5 Å². The highest BCUT2D eigenvalue weighted by molar-refractivity contribution is 5.52. The largest absolute Gasteiger partial charge is 0.401 e. The van der Waals surface area contributed by atoms with Gasteiger partial charge in [-0.2, -0.15) is 0 Å². The third-order valence-electron chi connectivity index (χ3n) is 3.75. The van der Waals surface area contributed by atoms with E-state index in [-0.39, 0.29) is 5.41 Å². The first kappa shape index (κ1) is 14.4. The van der Waals surface area contributed by atoms with Crippen LogP contribution in [-0.4, -0.2) is 13.7 Å². The number of benzene rings is 1. The van der Waals surface area contributed by atoms with Gasteiger partial charge in [-0.1, -0.05) is 48.6 Å². The minimum absolute atomic E-state index is 0.200. The van der Waals surface area contributed by atoms with E-state index in [1.54, 1.807) is 7.11 Å². The zero-order valence-corrected chi connectivity index (χ0v) is 11.9. The van der Waals surface area contributed by atoms with E-state index in [1.165, 1.54) is 5.56 Å². The highest BCUT2D eigenvalue weighted by Crippen LogP contribution is 2.38. The summed E-state index contributed by atoms with van der Waals surface area (Å²) >= 11 is 0. The molecular weight excluding hydrogens is 248 g/mol. The van der Waals surface area contributed by atoms with Gasteiger partial charge in [-0.15, -0.1) is 0 Å². The van der Waals surface area contributed by atoms with Crippen molar-refractivity contribution in [3.05, 3.63) is 65.5 Å². The lowest BCUT2D eigenvalue weighted by Crippen LogP contribution is -2.30. The van der Waals surface area contributed by atoms with Crippen LogP contribution in [0.2, 0.25) is 0 Å². The lowest BCUT2D eigenvalue weighted by atomic mass is 9.75. The molecule has 2 rings (SSSR count). The SMILES string of the molecule is COCCC1(C=Cc2ccccc2)CC=C(N)C=C1N. The summed E-state index contributed by atoms with van der Waals surface area (Å²) in [5, 5.41) is 0. The molecule has 0 heterocycles. The lowest BCUT2D eigenvalue weighted by Gasteiger charge is -2.33. The van der Waals surface area contributed by atoms with Crippen LogP contribution >= 0.6 is 0 Å². The van der Waals surface area contributed by atoms with Gasteiger partial charge in [-0.25, -0.2) is 0 Å². The summed E-state index contributed by atoms with van der Waals surface area (Å²) in [4.78, 5) is 0.